The number of alkyl halides is 1. The number of carboxylic acid groups (broad SMARTS) is 1. The quantitative estimate of drug-likeness (QED) is 0.597. The molecule has 20 heavy (non-hydrogen) atoms. The van der Waals surface area contributed by atoms with Crippen LogP contribution >= 0.6 is 23.5 Å². The molecule has 2 aliphatic carbocycles. The van der Waals surface area contributed by atoms with Crippen LogP contribution in [0.2, 0.25) is 0 Å². The lowest BCUT2D eigenvalue weighted by atomic mass is 9.89. The van der Waals surface area contributed by atoms with E-state index in [1.807, 2.05) is 0 Å². The molecule has 0 bridgehead atoms. The van der Waals surface area contributed by atoms with E-state index < -0.39 is 45.0 Å². The lowest BCUT2D eigenvalue weighted by Gasteiger charge is -2.32. The number of aliphatic carboxylic acids is 1. The number of urea groups is 1. The first-order valence-corrected chi connectivity index (χ1v) is 8.18. The topological polar surface area (TPSA) is 95.5 Å². The van der Waals surface area contributed by atoms with Crippen molar-refractivity contribution in [1.29, 1.82) is 0 Å². The molecule has 108 valence electrons. The summed E-state index contributed by atoms with van der Waals surface area (Å²) in [6.45, 7) is 0. The fourth-order valence-corrected chi connectivity index (χ4v) is 7.87. The highest BCUT2D eigenvalue weighted by Gasteiger charge is 2.91. The number of halogens is 1. The van der Waals surface area contributed by atoms with E-state index in [9.17, 15) is 23.9 Å². The summed E-state index contributed by atoms with van der Waals surface area (Å²) >= 11 is 3.03. The van der Waals surface area contributed by atoms with E-state index in [1.165, 1.54) is 23.5 Å². The fraction of sp³-hybridized carbons (Fsp3) is 0.727. The summed E-state index contributed by atoms with van der Waals surface area (Å²) in [7, 11) is 0. The number of imide groups is 1. The summed E-state index contributed by atoms with van der Waals surface area (Å²) in [6, 6.07) is -0.668. The Kier molecular flexibility index (Phi) is 2.19. The van der Waals surface area contributed by atoms with Gasteiger partial charge < -0.3 is 10.4 Å². The average molecular weight is 318 g/mol. The monoisotopic (exact) mass is 318 g/mol. The number of hydrogen-bond acceptors (Lipinski definition) is 5. The van der Waals surface area contributed by atoms with E-state index in [0.29, 0.717) is 6.42 Å². The molecular formula is C11H11FN2O4S2. The van der Waals surface area contributed by atoms with Crippen LogP contribution in [0.1, 0.15) is 6.42 Å². The lowest BCUT2D eigenvalue weighted by Crippen LogP contribution is -2.53. The Hall–Kier alpha value is -0.960. The van der Waals surface area contributed by atoms with Gasteiger partial charge in [-0.05, 0) is 0 Å². The molecule has 0 aromatic heterocycles. The van der Waals surface area contributed by atoms with Crippen LogP contribution in [-0.2, 0) is 9.59 Å². The molecule has 0 unspecified atom stereocenters. The molecule has 0 aromatic rings. The number of carboxylic acids is 1. The largest absolute Gasteiger partial charge is 0.479 e. The second-order valence-electron chi connectivity index (χ2n) is 5.59. The van der Waals surface area contributed by atoms with Crippen LogP contribution < -0.4 is 10.6 Å². The molecule has 4 fully saturated rings. The molecule has 2 heterocycles. The van der Waals surface area contributed by atoms with Gasteiger partial charge in [-0.3, -0.25) is 10.1 Å². The number of hydrogen-bond donors (Lipinski definition) is 3. The van der Waals surface area contributed by atoms with Crippen molar-refractivity contribution in [2.24, 2.45) is 11.8 Å². The Labute approximate surface area is 121 Å². The number of rotatable bonds is 1. The Morgan fingerprint density at radius 2 is 1.95 bits per heavy atom. The van der Waals surface area contributed by atoms with Crippen LogP contribution in [-0.4, -0.2) is 49.8 Å². The Morgan fingerprint density at radius 3 is 2.45 bits per heavy atom. The van der Waals surface area contributed by atoms with Crippen LogP contribution in [0.15, 0.2) is 0 Å². The van der Waals surface area contributed by atoms with Gasteiger partial charge in [0.25, 0.3) is 5.91 Å². The van der Waals surface area contributed by atoms with Gasteiger partial charge in [0.1, 0.15) is 5.54 Å². The summed E-state index contributed by atoms with van der Waals surface area (Å²) in [4.78, 5) is 34.9. The predicted molar refractivity (Wildman–Crippen MR) is 70.1 cm³/mol. The zero-order valence-electron chi connectivity index (χ0n) is 10.1. The number of carbonyl (C=O) groups excluding carboxylic acids is 2. The van der Waals surface area contributed by atoms with E-state index >= 15 is 0 Å². The first-order valence-electron chi connectivity index (χ1n) is 6.21. The molecule has 4 aliphatic rings. The molecule has 3 N–H and O–H groups in total. The van der Waals surface area contributed by atoms with Crippen molar-refractivity contribution in [3.63, 3.8) is 0 Å². The van der Waals surface area contributed by atoms with Gasteiger partial charge in [0.15, 0.2) is 0 Å². The zero-order chi connectivity index (χ0) is 14.3. The van der Waals surface area contributed by atoms with E-state index in [0.717, 1.165) is 11.5 Å². The molecule has 9 heteroatoms. The van der Waals surface area contributed by atoms with Crippen molar-refractivity contribution in [3.05, 3.63) is 0 Å². The van der Waals surface area contributed by atoms with Crippen LogP contribution in [0.4, 0.5) is 9.18 Å². The smallest absolute Gasteiger partial charge is 0.342 e. The van der Waals surface area contributed by atoms with Crippen molar-refractivity contribution >= 4 is 41.4 Å². The molecule has 6 nitrogen and oxygen atoms in total. The van der Waals surface area contributed by atoms with Gasteiger partial charge >= 0.3 is 12.0 Å². The van der Waals surface area contributed by atoms with Gasteiger partial charge in [-0.2, -0.15) is 0 Å². The maximum Gasteiger partial charge on any atom is 0.342 e. The summed E-state index contributed by atoms with van der Waals surface area (Å²) in [5, 5.41) is 13.8. The Balaban J connectivity index is 1.82. The number of thioether (sulfide) groups is 2. The normalized spacial score (nSPS) is 47.5. The van der Waals surface area contributed by atoms with Crippen molar-refractivity contribution in [2.45, 2.75) is 21.7 Å². The molecule has 0 aromatic carbocycles. The van der Waals surface area contributed by atoms with Crippen molar-refractivity contribution in [1.82, 2.24) is 10.6 Å². The SMILES string of the molecule is O=C1NC(=O)[C@@]2(CC3(SCCS3)[C@@H]3[C@H]2[C@@]3(F)C(=O)O)N1. The van der Waals surface area contributed by atoms with Gasteiger partial charge in [-0.15, -0.1) is 23.5 Å². The third-order valence-corrected chi connectivity index (χ3v) is 8.29. The van der Waals surface area contributed by atoms with E-state index in [-0.39, 0.29) is 0 Å². The maximum absolute atomic E-state index is 14.9. The second-order valence-corrected chi connectivity index (χ2v) is 8.70. The molecule has 2 saturated carbocycles. The standard InChI is InChI=1S/C11H11FN2O4S2/c12-11(7(16)17)4-5(11)10(19-1-2-20-10)3-9(4)6(15)13-8(18)14-9/h4-5H,1-3H2,(H,16,17)(H2,13,14,15,18)/t4-,5+,9+,11+/m1/s1. The predicted octanol–water partition coefficient (Wildman–Crippen LogP) is 0.183. The van der Waals surface area contributed by atoms with Gasteiger partial charge in [-0.25, -0.2) is 14.0 Å². The van der Waals surface area contributed by atoms with Crippen molar-refractivity contribution < 1.29 is 23.9 Å². The van der Waals surface area contributed by atoms with E-state index in [2.05, 4.69) is 10.6 Å². The number of amides is 3. The molecule has 2 spiro atoms. The van der Waals surface area contributed by atoms with Gasteiger partial charge in [0, 0.05) is 29.8 Å². The molecule has 2 aliphatic heterocycles. The highest BCUT2D eigenvalue weighted by molar-refractivity contribution is 8.21. The third-order valence-electron chi connectivity index (χ3n) is 4.73. The van der Waals surface area contributed by atoms with Crippen LogP contribution in [0.25, 0.3) is 0 Å². The summed E-state index contributed by atoms with van der Waals surface area (Å²) in [5.41, 5.74) is -3.82. The van der Waals surface area contributed by atoms with Gasteiger partial charge in [-0.1, -0.05) is 0 Å². The minimum absolute atomic E-state index is 0.293. The van der Waals surface area contributed by atoms with Crippen LogP contribution in [0.3, 0.4) is 0 Å². The molecule has 4 atom stereocenters. The Morgan fingerprint density at radius 1 is 1.30 bits per heavy atom. The van der Waals surface area contributed by atoms with E-state index in [1.54, 1.807) is 0 Å². The number of fused-ring (bicyclic) bond motifs is 3. The molecule has 4 rings (SSSR count). The average Bonchev–Trinajstić information content (AvgIpc) is 2.67. The third kappa shape index (κ3) is 1.18. The van der Waals surface area contributed by atoms with E-state index in [4.69, 9.17) is 0 Å². The first-order chi connectivity index (χ1) is 9.37. The number of carbonyl (C=O) groups is 3. The van der Waals surface area contributed by atoms with Gasteiger partial charge in [0.2, 0.25) is 5.67 Å². The highest BCUT2D eigenvalue weighted by Crippen LogP contribution is 2.78. The van der Waals surface area contributed by atoms with Crippen LogP contribution in [0, 0.1) is 11.8 Å². The zero-order valence-corrected chi connectivity index (χ0v) is 11.8. The summed E-state index contributed by atoms with van der Waals surface area (Å²) < 4.78 is 14.3. The summed E-state index contributed by atoms with van der Waals surface area (Å²) in [5.74, 6) is -2.23. The number of nitrogens with one attached hydrogen (secondary N) is 2. The maximum atomic E-state index is 14.9. The second kappa shape index (κ2) is 3.44. The van der Waals surface area contributed by atoms with Crippen molar-refractivity contribution in [2.75, 3.05) is 11.5 Å². The molecule has 0 radical (unpaired) electrons. The van der Waals surface area contributed by atoms with Crippen LogP contribution in [0.5, 0.6) is 0 Å². The minimum Gasteiger partial charge on any atom is -0.479 e. The molecular weight excluding hydrogens is 307 g/mol. The molecule has 2 saturated heterocycles. The first kappa shape index (κ1) is 12.8. The minimum atomic E-state index is -2.42. The fourth-order valence-electron chi connectivity index (χ4n) is 4.05. The highest BCUT2D eigenvalue weighted by atomic mass is 32.2. The Bertz CT molecular complexity index is 567. The molecule has 3 amide bonds. The lowest BCUT2D eigenvalue weighted by molar-refractivity contribution is -0.147. The van der Waals surface area contributed by atoms with Gasteiger partial charge in [0.05, 0.1) is 4.08 Å². The summed E-state index contributed by atoms with van der Waals surface area (Å²) in [6.07, 6.45) is 0.293. The van der Waals surface area contributed by atoms with Crippen molar-refractivity contribution in [3.8, 4) is 0 Å².